The number of fused-ring (bicyclic) bond motifs is 2. The van der Waals surface area contributed by atoms with E-state index in [1.807, 2.05) is 0 Å². The summed E-state index contributed by atoms with van der Waals surface area (Å²) in [6.45, 7) is 4.66. The minimum atomic E-state index is 0.435. The van der Waals surface area contributed by atoms with Crippen molar-refractivity contribution in [2.75, 3.05) is 0 Å². The maximum Gasteiger partial charge on any atom is 0.0418 e. The minimum absolute atomic E-state index is 0.435. The fourth-order valence-corrected chi connectivity index (χ4v) is 3.20. The highest BCUT2D eigenvalue weighted by Crippen LogP contribution is 2.57. The highest BCUT2D eigenvalue weighted by Gasteiger charge is 2.51. The predicted molar refractivity (Wildman–Crippen MR) is 44.3 cm³/mol. The van der Waals surface area contributed by atoms with Crippen molar-refractivity contribution in [2.45, 2.75) is 38.5 Å². The fourth-order valence-electron chi connectivity index (χ4n) is 2.79. The van der Waals surface area contributed by atoms with Crippen molar-refractivity contribution < 1.29 is 0 Å². The Balaban J connectivity index is 2.25. The van der Waals surface area contributed by atoms with Crippen LogP contribution in [0.2, 0.25) is 0 Å². The summed E-state index contributed by atoms with van der Waals surface area (Å²) < 4.78 is 0. The second-order valence-corrected chi connectivity index (χ2v) is 4.96. The normalized spacial score (nSPS) is 50.1. The number of rotatable bonds is 0. The molecule has 0 spiro atoms. The van der Waals surface area contributed by atoms with Gasteiger partial charge in [-0.25, -0.2) is 0 Å². The van der Waals surface area contributed by atoms with E-state index in [-0.39, 0.29) is 0 Å². The molecule has 0 N–H and O–H groups in total. The van der Waals surface area contributed by atoms with Gasteiger partial charge in [-0.15, -0.1) is 11.6 Å². The van der Waals surface area contributed by atoms with Crippen molar-refractivity contribution >= 4 is 11.6 Å². The molecular weight excluding hydrogens is 144 g/mol. The maximum absolute atomic E-state index is 6.30. The number of halogens is 1. The van der Waals surface area contributed by atoms with Gasteiger partial charge >= 0.3 is 0 Å². The first kappa shape index (κ1) is 6.97. The molecule has 0 radical (unpaired) electrons. The van der Waals surface area contributed by atoms with Crippen molar-refractivity contribution in [3.8, 4) is 0 Å². The number of hydrogen-bond acceptors (Lipinski definition) is 0. The Labute approximate surface area is 68.0 Å². The average Bonchev–Trinajstić information content (AvgIpc) is 2.37. The van der Waals surface area contributed by atoms with Crippen LogP contribution in [0.4, 0.5) is 0 Å². The smallest absolute Gasteiger partial charge is 0.0418 e. The second kappa shape index (κ2) is 1.91. The van der Waals surface area contributed by atoms with Gasteiger partial charge in [0.25, 0.3) is 0 Å². The molecule has 2 saturated carbocycles. The van der Waals surface area contributed by atoms with E-state index in [0.717, 1.165) is 11.8 Å². The summed E-state index contributed by atoms with van der Waals surface area (Å²) >= 11 is 6.30. The van der Waals surface area contributed by atoms with Crippen LogP contribution in [0.25, 0.3) is 0 Å². The molecule has 3 atom stereocenters. The van der Waals surface area contributed by atoms with Gasteiger partial charge in [0.2, 0.25) is 0 Å². The molecule has 2 aliphatic rings. The minimum Gasteiger partial charge on any atom is -0.122 e. The van der Waals surface area contributed by atoms with Gasteiger partial charge in [-0.1, -0.05) is 13.8 Å². The lowest BCUT2D eigenvalue weighted by Crippen LogP contribution is -2.31. The van der Waals surface area contributed by atoms with Crippen LogP contribution in [-0.4, -0.2) is 5.38 Å². The van der Waals surface area contributed by atoms with E-state index in [2.05, 4.69) is 13.8 Å². The molecule has 1 heteroatoms. The van der Waals surface area contributed by atoms with E-state index in [1.165, 1.54) is 19.3 Å². The van der Waals surface area contributed by atoms with Gasteiger partial charge in [0, 0.05) is 5.38 Å². The first-order chi connectivity index (χ1) is 4.62. The standard InChI is InChI=1S/C9H15Cl/c1-9(2)7-4-3-6(5-7)8(9)10/h6-8H,3-5H2,1-2H3. The molecule has 0 aromatic heterocycles. The zero-order valence-corrected chi connectivity index (χ0v) is 7.49. The molecule has 0 amide bonds. The number of alkyl halides is 1. The molecule has 58 valence electrons. The Kier molecular flexibility index (Phi) is 1.33. The summed E-state index contributed by atoms with van der Waals surface area (Å²) in [6.07, 6.45) is 4.23. The van der Waals surface area contributed by atoms with E-state index >= 15 is 0 Å². The van der Waals surface area contributed by atoms with Crippen molar-refractivity contribution in [3.05, 3.63) is 0 Å². The van der Waals surface area contributed by atoms with Gasteiger partial charge in [-0.2, -0.15) is 0 Å². The molecule has 0 saturated heterocycles. The lowest BCUT2D eigenvalue weighted by molar-refractivity contribution is 0.223. The molecule has 0 aromatic carbocycles. The van der Waals surface area contributed by atoms with Crippen molar-refractivity contribution in [2.24, 2.45) is 17.3 Å². The molecule has 0 aliphatic heterocycles. The largest absolute Gasteiger partial charge is 0.122 e. The summed E-state index contributed by atoms with van der Waals surface area (Å²) in [4.78, 5) is 0. The van der Waals surface area contributed by atoms with Gasteiger partial charge < -0.3 is 0 Å². The second-order valence-electron chi connectivity index (χ2n) is 4.49. The van der Waals surface area contributed by atoms with Gasteiger partial charge in [-0.3, -0.25) is 0 Å². The summed E-state index contributed by atoms with van der Waals surface area (Å²) in [5, 5.41) is 0.464. The first-order valence-electron chi connectivity index (χ1n) is 4.26. The van der Waals surface area contributed by atoms with Crippen molar-refractivity contribution in [1.29, 1.82) is 0 Å². The summed E-state index contributed by atoms with van der Waals surface area (Å²) in [5.74, 6) is 1.78. The third-order valence-corrected chi connectivity index (χ3v) is 4.57. The molecule has 3 unspecified atom stereocenters. The Hall–Kier alpha value is 0.290. The first-order valence-corrected chi connectivity index (χ1v) is 4.70. The third-order valence-electron chi connectivity index (χ3n) is 3.65. The van der Waals surface area contributed by atoms with Crippen molar-refractivity contribution in [1.82, 2.24) is 0 Å². The topological polar surface area (TPSA) is 0 Å². The van der Waals surface area contributed by atoms with Gasteiger partial charge in [0.15, 0.2) is 0 Å². The maximum atomic E-state index is 6.30. The average molecular weight is 159 g/mol. The fraction of sp³-hybridized carbons (Fsp3) is 1.00. The van der Waals surface area contributed by atoms with E-state index in [1.54, 1.807) is 0 Å². The van der Waals surface area contributed by atoms with Gasteiger partial charge in [-0.05, 0) is 36.5 Å². The van der Waals surface area contributed by atoms with Crippen LogP contribution in [0.1, 0.15) is 33.1 Å². The van der Waals surface area contributed by atoms with Crippen LogP contribution in [0.5, 0.6) is 0 Å². The van der Waals surface area contributed by atoms with Crippen LogP contribution in [0.15, 0.2) is 0 Å². The highest BCUT2D eigenvalue weighted by atomic mass is 35.5. The number of hydrogen-bond donors (Lipinski definition) is 0. The molecule has 0 aromatic rings. The monoisotopic (exact) mass is 158 g/mol. The zero-order chi connectivity index (χ0) is 7.35. The predicted octanol–water partition coefficient (Wildman–Crippen LogP) is 3.05. The van der Waals surface area contributed by atoms with Crippen LogP contribution in [0.3, 0.4) is 0 Å². The van der Waals surface area contributed by atoms with Crippen LogP contribution < -0.4 is 0 Å². The zero-order valence-electron chi connectivity index (χ0n) is 6.73. The van der Waals surface area contributed by atoms with E-state index in [0.29, 0.717) is 10.8 Å². The third kappa shape index (κ3) is 0.689. The Morgan fingerprint density at radius 3 is 2.30 bits per heavy atom. The molecule has 0 heterocycles. The van der Waals surface area contributed by atoms with E-state index in [4.69, 9.17) is 11.6 Å². The van der Waals surface area contributed by atoms with Gasteiger partial charge in [0.1, 0.15) is 0 Å². The lowest BCUT2D eigenvalue weighted by atomic mass is 9.76. The van der Waals surface area contributed by atoms with Crippen molar-refractivity contribution in [3.63, 3.8) is 0 Å². The summed E-state index contributed by atoms with van der Waals surface area (Å²) in [5.41, 5.74) is 0.435. The molecule has 10 heavy (non-hydrogen) atoms. The Bertz CT molecular complexity index is 147. The Morgan fingerprint density at radius 1 is 1.30 bits per heavy atom. The molecule has 2 rings (SSSR count). The van der Waals surface area contributed by atoms with Crippen LogP contribution >= 0.6 is 11.6 Å². The molecular formula is C9H15Cl. The van der Waals surface area contributed by atoms with Crippen LogP contribution in [0, 0.1) is 17.3 Å². The van der Waals surface area contributed by atoms with Gasteiger partial charge in [0.05, 0.1) is 0 Å². The Morgan fingerprint density at radius 2 is 2.00 bits per heavy atom. The SMILES string of the molecule is CC1(C)C2CCC(C2)C1Cl. The summed E-state index contributed by atoms with van der Waals surface area (Å²) in [6, 6.07) is 0. The lowest BCUT2D eigenvalue weighted by Gasteiger charge is -2.34. The molecule has 2 fully saturated rings. The molecule has 0 nitrogen and oxygen atoms in total. The van der Waals surface area contributed by atoms with E-state index < -0.39 is 0 Å². The molecule has 2 aliphatic carbocycles. The highest BCUT2D eigenvalue weighted by molar-refractivity contribution is 6.21. The molecule has 2 bridgehead atoms. The van der Waals surface area contributed by atoms with E-state index in [9.17, 15) is 0 Å². The quantitative estimate of drug-likeness (QED) is 0.476. The van der Waals surface area contributed by atoms with Crippen LogP contribution in [-0.2, 0) is 0 Å². The summed E-state index contributed by atoms with van der Waals surface area (Å²) in [7, 11) is 0.